The van der Waals surface area contributed by atoms with Gasteiger partial charge in [0.25, 0.3) is 5.91 Å². The molecule has 27 heavy (non-hydrogen) atoms. The first kappa shape index (κ1) is 19.0. The van der Waals surface area contributed by atoms with Crippen molar-refractivity contribution < 1.29 is 32.0 Å². The van der Waals surface area contributed by atoms with Crippen molar-refractivity contribution in [2.75, 3.05) is 26.2 Å². The lowest BCUT2D eigenvalue weighted by molar-refractivity contribution is -0.151. The second-order valence-corrected chi connectivity index (χ2v) is 6.41. The van der Waals surface area contributed by atoms with Gasteiger partial charge in [-0.2, -0.15) is 13.2 Å². The summed E-state index contributed by atoms with van der Waals surface area (Å²) in [6, 6.07) is 2.13. The topological polar surface area (TPSA) is 74.1 Å². The van der Waals surface area contributed by atoms with Crippen molar-refractivity contribution in [3.63, 3.8) is 0 Å². The van der Waals surface area contributed by atoms with Gasteiger partial charge in [-0.05, 0) is 31.1 Å². The van der Waals surface area contributed by atoms with Crippen LogP contribution in [0.5, 0.6) is 0 Å². The lowest BCUT2D eigenvalue weighted by Gasteiger charge is -2.35. The Balaban J connectivity index is 1.54. The van der Waals surface area contributed by atoms with Crippen molar-refractivity contribution in [3.8, 4) is 0 Å². The summed E-state index contributed by atoms with van der Waals surface area (Å²) in [6.45, 7) is -1.23. The number of hydrogen-bond acceptors (Lipinski definition) is 4. The van der Waals surface area contributed by atoms with Gasteiger partial charge in [0.05, 0.1) is 6.26 Å². The Morgan fingerprint density at radius 2 is 1.96 bits per heavy atom. The second-order valence-electron chi connectivity index (χ2n) is 6.41. The molecule has 0 unspecified atom stereocenters. The van der Waals surface area contributed by atoms with Gasteiger partial charge >= 0.3 is 12.2 Å². The lowest BCUT2D eigenvalue weighted by atomic mass is 10.0. The number of imide groups is 1. The number of hydrogen-bond donors (Lipinski definition) is 0. The zero-order chi connectivity index (χ0) is 19.6. The van der Waals surface area contributed by atoms with Crippen molar-refractivity contribution in [2.45, 2.75) is 25.1 Å². The van der Waals surface area contributed by atoms with Gasteiger partial charge in [-0.1, -0.05) is 0 Å². The van der Waals surface area contributed by atoms with Crippen LogP contribution in [0.1, 0.15) is 18.6 Å². The minimum atomic E-state index is -4.63. The van der Waals surface area contributed by atoms with Gasteiger partial charge in [0.2, 0.25) is 5.91 Å². The number of alkyl halides is 3. The number of rotatable bonds is 4. The van der Waals surface area contributed by atoms with E-state index < -0.39 is 24.7 Å². The van der Waals surface area contributed by atoms with Crippen molar-refractivity contribution in [1.29, 1.82) is 0 Å². The standard InChI is InChI=1S/C17H18F3N3O4/c18-17(19,20)11-23-15(25)10-22(16(23)26)12-5-7-21(8-6-12)14(24)4-3-13-2-1-9-27-13/h1-4,9,12H,5-8,10-11H2. The summed E-state index contributed by atoms with van der Waals surface area (Å²) in [5.41, 5.74) is 0. The summed E-state index contributed by atoms with van der Waals surface area (Å²) in [7, 11) is 0. The third-order valence-electron chi connectivity index (χ3n) is 4.57. The Bertz CT molecular complexity index is 737. The number of piperidine rings is 1. The number of amides is 4. The number of halogens is 3. The number of urea groups is 1. The zero-order valence-electron chi connectivity index (χ0n) is 14.3. The van der Waals surface area contributed by atoms with E-state index >= 15 is 0 Å². The van der Waals surface area contributed by atoms with Crippen LogP contribution in [0.4, 0.5) is 18.0 Å². The lowest BCUT2D eigenvalue weighted by Crippen LogP contribution is -2.48. The maximum absolute atomic E-state index is 12.5. The molecular formula is C17H18F3N3O4. The molecule has 0 saturated carbocycles. The van der Waals surface area contributed by atoms with Gasteiger partial charge in [0, 0.05) is 25.2 Å². The van der Waals surface area contributed by atoms with E-state index in [1.807, 2.05) is 0 Å². The smallest absolute Gasteiger partial charge is 0.406 e. The number of furan rings is 1. The van der Waals surface area contributed by atoms with Crippen molar-refractivity contribution >= 4 is 23.9 Å². The monoisotopic (exact) mass is 385 g/mol. The van der Waals surface area contributed by atoms with Crippen LogP contribution in [-0.2, 0) is 9.59 Å². The largest absolute Gasteiger partial charge is 0.465 e. The van der Waals surface area contributed by atoms with Crippen LogP contribution < -0.4 is 0 Å². The Morgan fingerprint density at radius 1 is 1.26 bits per heavy atom. The molecule has 0 radical (unpaired) electrons. The fourth-order valence-corrected chi connectivity index (χ4v) is 3.22. The van der Waals surface area contributed by atoms with E-state index in [9.17, 15) is 27.6 Å². The normalized spacial score (nSPS) is 19.6. The van der Waals surface area contributed by atoms with Crippen LogP contribution in [-0.4, -0.2) is 70.9 Å². The molecule has 2 aliphatic heterocycles. The van der Waals surface area contributed by atoms with Crippen LogP contribution in [0.15, 0.2) is 28.9 Å². The predicted molar refractivity (Wildman–Crippen MR) is 87.2 cm³/mol. The number of nitrogens with zero attached hydrogens (tertiary/aromatic N) is 3. The minimum Gasteiger partial charge on any atom is -0.465 e. The van der Waals surface area contributed by atoms with E-state index in [0.717, 1.165) is 0 Å². The fraction of sp³-hybridized carbons (Fsp3) is 0.471. The quantitative estimate of drug-likeness (QED) is 0.588. The zero-order valence-corrected chi connectivity index (χ0v) is 14.3. The van der Waals surface area contributed by atoms with Gasteiger partial charge < -0.3 is 14.2 Å². The van der Waals surface area contributed by atoms with E-state index in [4.69, 9.17) is 4.42 Å². The molecule has 0 N–H and O–H groups in total. The second kappa shape index (κ2) is 7.45. The molecule has 2 aliphatic rings. The van der Waals surface area contributed by atoms with Crippen LogP contribution in [0, 0.1) is 0 Å². The summed E-state index contributed by atoms with van der Waals surface area (Å²) >= 11 is 0. The minimum absolute atomic E-state index is 0.215. The van der Waals surface area contributed by atoms with E-state index in [0.29, 0.717) is 31.7 Å². The summed E-state index contributed by atoms with van der Waals surface area (Å²) < 4.78 is 42.7. The summed E-state index contributed by atoms with van der Waals surface area (Å²) in [6.07, 6.45) is 0.600. The highest BCUT2D eigenvalue weighted by molar-refractivity contribution is 6.02. The molecule has 7 nitrogen and oxygen atoms in total. The first-order valence-corrected chi connectivity index (χ1v) is 8.43. The molecule has 4 amide bonds. The van der Waals surface area contributed by atoms with Crippen molar-refractivity contribution in [1.82, 2.24) is 14.7 Å². The Kier molecular flexibility index (Phi) is 5.24. The molecule has 0 bridgehead atoms. The molecule has 146 valence electrons. The Hall–Kier alpha value is -2.78. The SMILES string of the molecule is O=C(C=Cc1ccco1)N1CCC(N2CC(=O)N(CC(F)(F)F)C2=O)CC1. The maximum Gasteiger partial charge on any atom is 0.406 e. The molecular weight excluding hydrogens is 367 g/mol. The van der Waals surface area contributed by atoms with Gasteiger partial charge in [-0.15, -0.1) is 0 Å². The highest BCUT2D eigenvalue weighted by atomic mass is 19.4. The molecule has 2 saturated heterocycles. The molecule has 1 aromatic heterocycles. The van der Waals surface area contributed by atoms with Crippen LogP contribution in [0.2, 0.25) is 0 Å². The first-order valence-electron chi connectivity index (χ1n) is 8.43. The molecule has 3 rings (SSSR count). The summed E-state index contributed by atoms with van der Waals surface area (Å²) in [5.74, 6) is -0.520. The van der Waals surface area contributed by atoms with Crippen molar-refractivity contribution in [3.05, 3.63) is 30.2 Å². The number of carbonyl (C=O) groups excluding carboxylic acids is 3. The average molecular weight is 385 g/mol. The third kappa shape index (κ3) is 4.50. The highest BCUT2D eigenvalue weighted by Crippen LogP contribution is 2.25. The average Bonchev–Trinajstić information content (AvgIpc) is 3.22. The maximum atomic E-state index is 12.5. The van der Waals surface area contributed by atoms with E-state index in [1.165, 1.54) is 17.2 Å². The van der Waals surface area contributed by atoms with Gasteiger partial charge in [-0.25, -0.2) is 4.79 Å². The summed E-state index contributed by atoms with van der Waals surface area (Å²) in [4.78, 5) is 39.1. The fourth-order valence-electron chi connectivity index (χ4n) is 3.22. The first-order chi connectivity index (χ1) is 12.7. The van der Waals surface area contributed by atoms with Crippen LogP contribution in [0.25, 0.3) is 6.08 Å². The molecule has 10 heteroatoms. The third-order valence-corrected chi connectivity index (χ3v) is 4.57. The van der Waals surface area contributed by atoms with Gasteiger partial charge in [0.15, 0.2) is 0 Å². The van der Waals surface area contributed by atoms with Crippen LogP contribution in [0.3, 0.4) is 0 Å². The number of likely N-dealkylation sites (tertiary alicyclic amines) is 1. The predicted octanol–water partition coefficient (Wildman–Crippen LogP) is 2.11. The van der Waals surface area contributed by atoms with Crippen LogP contribution >= 0.6 is 0 Å². The van der Waals surface area contributed by atoms with Gasteiger partial charge in [0.1, 0.15) is 18.8 Å². The van der Waals surface area contributed by atoms with E-state index in [2.05, 4.69) is 0 Å². The molecule has 0 atom stereocenters. The van der Waals surface area contributed by atoms with E-state index in [-0.39, 0.29) is 23.4 Å². The highest BCUT2D eigenvalue weighted by Gasteiger charge is 2.45. The molecule has 0 aliphatic carbocycles. The van der Waals surface area contributed by atoms with Gasteiger partial charge in [-0.3, -0.25) is 14.5 Å². The molecule has 2 fully saturated rings. The summed E-state index contributed by atoms with van der Waals surface area (Å²) in [5, 5.41) is 0. The molecule has 0 spiro atoms. The molecule has 0 aromatic carbocycles. The Morgan fingerprint density at radius 3 is 2.56 bits per heavy atom. The van der Waals surface area contributed by atoms with E-state index in [1.54, 1.807) is 23.1 Å². The van der Waals surface area contributed by atoms with Crippen molar-refractivity contribution in [2.24, 2.45) is 0 Å². The number of carbonyl (C=O) groups is 3. The Labute approximate surface area is 153 Å². The molecule has 3 heterocycles. The molecule has 1 aromatic rings.